The van der Waals surface area contributed by atoms with E-state index in [9.17, 15) is 12.8 Å². The van der Waals surface area contributed by atoms with Gasteiger partial charge in [0, 0.05) is 19.3 Å². The van der Waals surface area contributed by atoms with Gasteiger partial charge in [-0.2, -0.15) is 0 Å². The molecular weight excluding hydrogens is 259 g/mol. The quantitative estimate of drug-likeness (QED) is 0.779. The van der Waals surface area contributed by atoms with Gasteiger partial charge in [0.05, 0.1) is 11.0 Å². The van der Waals surface area contributed by atoms with Gasteiger partial charge < -0.3 is 10.8 Å². The smallest absolute Gasteiger partial charge is 0.242 e. The minimum Gasteiger partial charge on any atom is -0.399 e. The largest absolute Gasteiger partial charge is 0.399 e. The maximum atomic E-state index is 13.1. The number of hydrogen-bond acceptors (Lipinski definition) is 4. The molecule has 0 amide bonds. The summed E-state index contributed by atoms with van der Waals surface area (Å²) in [4.78, 5) is -0.187. The normalized spacial score (nSPS) is 13.8. The molecule has 3 N–H and O–H groups in total. The van der Waals surface area contributed by atoms with Crippen LogP contribution >= 0.6 is 0 Å². The van der Waals surface area contributed by atoms with E-state index < -0.39 is 21.9 Å². The number of halogens is 1. The van der Waals surface area contributed by atoms with Crippen molar-refractivity contribution in [2.24, 2.45) is 0 Å². The fourth-order valence-electron chi connectivity index (χ4n) is 1.40. The Morgan fingerprint density at radius 1 is 1.44 bits per heavy atom. The molecule has 18 heavy (non-hydrogen) atoms. The summed E-state index contributed by atoms with van der Waals surface area (Å²) in [5, 5.41) is 9.12. The SMILES string of the molecule is CC(O)CCN(C)S(=O)(=O)c1cc(N)cc(F)c1. The molecular formula is C11H17FN2O3S. The monoisotopic (exact) mass is 276 g/mol. The highest BCUT2D eigenvalue weighted by molar-refractivity contribution is 7.89. The van der Waals surface area contributed by atoms with E-state index in [-0.39, 0.29) is 17.1 Å². The fraction of sp³-hybridized carbons (Fsp3) is 0.455. The Morgan fingerprint density at radius 3 is 2.56 bits per heavy atom. The van der Waals surface area contributed by atoms with Crippen LogP contribution in [0.2, 0.25) is 0 Å². The van der Waals surface area contributed by atoms with Gasteiger partial charge in [0.1, 0.15) is 5.82 Å². The molecule has 7 heteroatoms. The number of aliphatic hydroxyl groups is 1. The van der Waals surface area contributed by atoms with Crippen LogP contribution in [0.15, 0.2) is 23.1 Å². The zero-order valence-corrected chi connectivity index (χ0v) is 11.1. The lowest BCUT2D eigenvalue weighted by atomic mass is 10.3. The van der Waals surface area contributed by atoms with Crippen molar-refractivity contribution in [3.8, 4) is 0 Å². The number of rotatable bonds is 5. The van der Waals surface area contributed by atoms with Crippen molar-refractivity contribution < 1.29 is 17.9 Å². The van der Waals surface area contributed by atoms with E-state index in [1.807, 2.05) is 0 Å². The lowest BCUT2D eigenvalue weighted by Gasteiger charge is -2.18. The highest BCUT2D eigenvalue weighted by atomic mass is 32.2. The molecule has 1 rings (SSSR count). The first-order valence-corrected chi connectivity index (χ1v) is 6.88. The molecule has 0 aliphatic carbocycles. The van der Waals surface area contributed by atoms with Crippen molar-refractivity contribution in [3.05, 3.63) is 24.0 Å². The predicted molar refractivity (Wildman–Crippen MR) is 66.9 cm³/mol. The summed E-state index contributed by atoms with van der Waals surface area (Å²) in [6.07, 6.45) is -0.291. The maximum absolute atomic E-state index is 13.1. The zero-order valence-electron chi connectivity index (χ0n) is 10.3. The van der Waals surface area contributed by atoms with Crippen LogP contribution < -0.4 is 5.73 Å². The topological polar surface area (TPSA) is 83.6 Å². The number of sulfonamides is 1. The molecule has 0 radical (unpaired) electrons. The lowest BCUT2D eigenvalue weighted by molar-refractivity contribution is 0.177. The highest BCUT2D eigenvalue weighted by Crippen LogP contribution is 2.19. The molecule has 0 aromatic heterocycles. The molecule has 1 aromatic carbocycles. The molecule has 0 bridgehead atoms. The van der Waals surface area contributed by atoms with E-state index in [2.05, 4.69) is 0 Å². The first-order valence-electron chi connectivity index (χ1n) is 5.44. The van der Waals surface area contributed by atoms with Crippen LogP contribution in [-0.2, 0) is 10.0 Å². The van der Waals surface area contributed by atoms with Crippen LogP contribution in [0.25, 0.3) is 0 Å². The van der Waals surface area contributed by atoms with Crippen molar-refractivity contribution in [1.82, 2.24) is 4.31 Å². The fourth-order valence-corrected chi connectivity index (χ4v) is 2.65. The Morgan fingerprint density at radius 2 is 2.06 bits per heavy atom. The molecule has 0 saturated heterocycles. The molecule has 0 fully saturated rings. The third-order valence-electron chi connectivity index (χ3n) is 2.46. The Balaban J connectivity index is 2.98. The van der Waals surface area contributed by atoms with Gasteiger partial charge in [-0.05, 0) is 31.5 Å². The van der Waals surface area contributed by atoms with Crippen molar-refractivity contribution in [1.29, 1.82) is 0 Å². The third-order valence-corrected chi connectivity index (χ3v) is 4.30. The summed E-state index contributed by atoms with van der Waals surface area (Å²) in [6.45, 7) is 1.72. The van der Waals surface area contributed by atoms with E-state index in [1.165, 1.54) is 13.1 Å². The number of nitrogens with two attached hydrogens (primary N) is 1. The van der Waals surface area contributed by atoms with Gasteiger partial charge >= 0.3 is 0 Å². The predicted octanol–water partition coefficient (Wildman–Crippen LogP) is 0.799. The second-order valence-electron chi connectivity index (χ2n) is 4.18. The second kappa shape index (κ2) is 5.64. The summed E-state index contributed by atoms with van der Waals surface area (Å²) in [5.74, 6) is -0.697. The van der Waals surface area contributed by atoms with E-state index in [0.29, 0.717) is 6.42 Å². The molecule has 0 aliphatic rings. The van der Waals surface area contributed by atoms with Gasteiger partial charge in [0.25, 0.3) is 0 Å². The highest BCUT2D eigenvalue weighted by Gasteiger charge is 2.21. The Hall–Kier alpha value is -1.18. The molecule has 102 valence electrons. The molecule has 0 saturated carbocycles. The molecule has 0 aliphatic heterocycles. The molecule has 1 atom stereocenters. The van der Waals surface area contributed by atoms with Crippen LogP contribution in [0.5, 0.6) is 0 Å². The van der Waals surface area contributed by atoms with E-state index in [4.69, 9.17) is 10.8 Å². The Labute approximate surface area is 106 Å². The summed E-state index contributed by atoms with van der Waals surface area (Å²) in [5.41, 5.74) is 5.47. The van der Waals surface area contributed by atoms with Crippen molar-refractivity contribution in [2.75, 3.05) is 19.3 Å². The van der Waals surface area contributed by atoms with Crippen molar-refractivity contribution in [2.45, 2.75) is 24.3 Å². The van der Waals surface area contributed by atoms with Gasteiger partial charge in [-0.15, -0.1) is 0 Å². The zero-order chi connectivity index (χ0) is 13.9. The van der Waals surface area contributed by atoms with Crippen LogP contribution in [0.3, 0.4) is 0 Å². The molecule has 1 unspecified atom stereocenters. The van der Waals surface area contributed by atoms with E-state index in [1.54, 1.807) is 6.92 Å². The minimum atomic E-state index is -3.78. The number of nitrogens with zero attached hydrogens (tertiary/aromatic N) is 1. The second-order valence-corrected chi connectivity index (χ2v) is 6.23. The standard InChI is InChI=1S/C11H17FN2O3S/c1-8(15)3-4-14(2)18(16,17)11-6-9(12)5-10(13)7-11/h5-8,15H,3-4,13H2,1-2H3. The van der Waals surface area contributed by atoms with Crippen molar-refractivity contribution >= 4 is 15.7 Å². The minimum absolute atomic E-state index is 0.0532. The first kappa shape index (κ1) is 14.9. The van der Waals surface area contributed by atoms with Gasteiger partial charge in [0.15, 0.2) is 0 Å². The van der Waals surface area contributed by atoms with Crippen LogP contribution in [0.1, 0.15) is 13.3 Å². The Bertz CT molecular complexity index is 497. The number of aliphatic hydroxyl groups excluding tert-OH is 1. The van der Waals surface area contributed by atoms with Gasteiger partial charge in [-0.25, -0.2) is 17.1 Å². The van der Waals surface area contributed by atoms with Crippen LogP contribution in [0.4, 0.5) is 10.1 Å². The number of benzene rings is 1. The molecule has 1 aromatic rings. The van der Waals surface area contributed by atoms with Crippen molar-refractivity contribution in [3.63, 3.8) is 0 Å². The van der Waals surface area contributed by atoms with Crippen LogP contribution in [-0.4, -0.2) is 37.5 Å². The van der Waals surface area contributed by atoms with E-state index >= 15 is 0 Å². The maximum Gasteiger partial charge on any atom is 0.242 e. The number of anilines is 1. The van der Waals surface area contributed by atoms with Gasteiger partial charge in [0.2, 0.25) is 10.0 Å². The van der Waals surface area contributed by atoms with E-state index in [0.717, 1.165) is 16.4 Å². The average Bonchev–Trinajstić information content (AvgIpc) is 2.24. The summed E-state index contributed by atoms with van der Waals surface area (Å²) in [6, 6.07) is 3.18. The lowest BCUT2D eigenvalue weighted by Crippen LogP contribution is -2.29. The summed E-state index contributed by atoms with van der Waals surface area (Å²) in [7, 11) is -2.40. The van der Waals surface area contributed by atoms with Gasteiger partial charge in [-0.3, -0.25) is 0 Å². The number of hydrogen-bond donors (Lipinski definition) is 2. The molecule has 0 spiro atoms. The third kappa shape index (κ3) is 3.66. The Kier molecular flexibility index (Phi) is 4.66. The number of nitrogen functional groups attached to an aromatic ring is 1. The molecule has 0 heterocycles. The van der Waals surface area contributed by atoms with Crippen LogP contribution in [0, 0.1) is 5.82 Å². The molecule has 5 nitrogen and oxygen atoms in total. The first-order chi connectivity index (χ1) is 8.23. The average molecular weight is 276 g/mol. The van der Waals surface area contributed by atoms with Gasteiger partial charge in [-0.1, -0.05) is 0 Å². The summed E-state index contributed by atoms with van der Waals surface area (Å²) >= 11 is 0. The summed E-state index contributed by atoms with van der Waals surface area (Å²) < 4.78 is 38.3.